The van der Waals surface area contributed by atoms with Gasteiger partial charge in [0.2, 0.25) is 5.91 Å². The zero-order valence-corrected chi connectivity index (χ0v) is 19.8. The molecule has 2 aliphatic carbocycles. The Kier molecular flexibility index (Phi) is 6.75. The Labute approximate surface area is 205 Å². The quantitative estimate of drug-likeness (QED) is 0.589. The molecule has 2 amide bonds. The molecule has 184 valence electrons. The van der Waals surface area contributed by atoms with E-state index in [0.717, 1.165) is 36.8 Å². The summed E-state index contributed by atoms with van der Waals surface area (Å²) in [4.78, 5) is 38.7. The van der Waals surface area contributed by atoms with Gasteiger partial charge in [-0.05, 0) is 41.0 Å². The molecule has 1 saturated carbocycles. The van der Waals surface area contributed by atoms with E-state index < -0.39 is 24.0 Å². The van der Waals surface area contributed by atoms with Crippen molar-refractivity contribution < 1.29 is 24.2 Å². The molecule has 5 rings (SSSR count). The van der Waals surface area contributed by atoms with Gasteiger partial charge in [-0.3, -0.25) is 4.79 Å². The van der Waals surface area contributed by atoms with Crippen LogP contribution in [0, 0.1) is 11.8 Å². The summed E-state index contributed by atoms with van der Waals surface area (Å²) in [5, 5.41) is 12.2. The monoisotopic (exact) mass is 476 g/mol. The third-order valence-electron chi connectivity index (χ3n) is 7.87. The van der Waals surface area contributed by atoms with Gasteiger partial charge in [0, 0.05) is 19.0 Å². The van der Waals surface area contributed by atoms with E-state index in [9.17, 15) is 19.5 Å². The Morgan fingerprint density at radius 2 is 1.60 bits per heavy atom. The Morgan fingerprint density at radius 3 is 2.17 bits per heavy atom. The molecule has 35 heavy (non-hydrogen) atoms. The number of aliphatic carboxylic acids is 1. The first-order valence-corrected chi connectivity index (χ1v) is 12.6. The Morgan fingerprint density at radius 1 is 0.971 bits per heavy atom. The number of rotatable bonds is 8. The van der Waals surface area contributed by atoms with Crippen LogP contribution in [0.4, 0.5) is 4.79 Å². The minimum absolute atomic E-state index is 0.0264. The maximum Gasteiger partial charge on any atom is 0.407 e. The number of hydrogen-bond donors (Lipinski definition) is 2. The highest BCUT2D eigenvalue weighted by Gasteiger charge is 2.41. The number of nitrogens with one attached hydrogen (secondary N) is 1. The number of alkyl carbamates (subject to hydrolysis) is 1. The molecular formula is C28H32N2O5. The summed E-state index contributed by atoms with van der Waals surface area (Å²) < 4.78 is 5.63. The molecule has 2 aromatic rings. The highest BCUT2D eigenvalue weighted by Crippen LogP contribution is 2.44. The predicted octanol–water partition coefficient (Wildman–Crippen LogP) is 4.41. The number of benzene rings is 2. The third-order valence-corrected chi connectivity index (χ3v) is 7.87. The van der Waals surface area contributed by atoms with Crippen LogP contribution in [0.1, 0.15) is 55.6 Å². The number of fused-ring (bicyclic) bond motifs is 3. The fourth-order valence-electron chi connectivity index (χ4n) is 5.92. The molecule has 2 aromatic carbocycles. The fourth-order valence-corrected chi connectivity index (χ4v) is 5.92. The zero-order valence-electron chi connectivity index (χ0n) is 19.8. The van der Waals surface area contributed by atoms with E-state index in [-0.39, 0.29) is 25.0 Å². The lowest BCUT2D eigenvalue weighted by atomic mass is 9.90. The van der Waals surface area contributed by atoms with Crippen molar-refractivity contribution in [1.82, 2.24) is 10.2 Å². The summed E-state index contributed by atoms with van der Waals surface area (Å²) >= 11 is 0. The van der Waals surface area contributed by atoms with Crippen LogP contribution in [0.25, 0.3) is 11.1 Å². The molecule has 0 radical (unpaired) electrons. The predicted molar refractivity (Wildman–Crippen MR) is 131 cm³/mol. The van der Waals surface area contributed by atoms with E-state index in [1.165, 1.54) is 16.0 Å². The first-order valence-electron chi connectivity index (χ1n) is 12.6. The van der Waals surface area contributed by atoms with Gasteiger partial charge in [0.05, 0.1) is 5.92 Å². The number of likely N-dealkylation sites (tertiary alicyclic amines) is 1. The van der Waals surface area contributed by atoms with Crippen molar-refractivity contribution >= 4 is 18.0 Å². The number of ether oxygens (including phenoxy) is 1. The van der Waals surface area contributed by atoms with Gasteiger partial charge in [-0.15, -0.1) is 0 Å². The second kappa shape index (κ2) is 10.1. The summed E-state index contributed by atoms with van der Waals surface area (Å²) in [5.41, 5.74) is 4.63. The zero-order chi connectivity index (χ0) is 24.4. The van der Waals surface area contributed by atoms with Crippen LogP contribution in [0.15, 0.2) is 48.5 Å². The van der Waals surface area contributed by atoms with E-state index in [0.29, 0.717) is 25.3 Å². The molecule has 1 heterocycles. The SMILES string of the molecule is O=C(NCC(CC1CCCC1)C(=O)N1CCC1C(=O)O)OCC1c2ccccc2-c2ccccc21. The largest absolute Gasteiger partial charge is 0.480 e. The van der Waals surface area contributed by atoms with E-state index >= 15 is 0 Å². The first kappa shape index (κ1) is 23.4. The Balaban J connectivity index is 1.20. The lowest BCUT2D eigenvalue weighted by Crippen LogP contribution is -2.57. The maximum absolute atomic E-state index is 13.2. The molecule has 1 aliphatic heterocycles. The molecule has 1 saturated heterocycles. The molecule has 3 aliphatic rings. The van der Waals surface area contributed by atoms with Crippen LogP contribution in [0.2, 0.25) is 0 Å². The lowest BCUT2D eigenvalue weighted by Gasteiger charge is -2.40. The van der Waals surface area contributed by atoms with E-state index in [1.807, 2.05) is 24.3 Å². The number of carboxylic acid groups (broad SMARTS) is 1. The van der Waals surface area contributed by atoms with Crippen molar-refractivity contribution in [2.75, 3.05) is 19.7 Å². The van der Waals surface area contributed by atoms with Crippen molar-refractivity contribution in [2.45, 2.75) is 50.5 Å². The molecule has 2 N–H and O–H groups in total. The maximum atomic E-state index is 13.2. The lowest BCUT2D eigenvalue weighted by molar-refractivity contribution is -0.159. The van der Waals surface area contributed by atoms with Crippen LogP contribution < -0.4 is 5.32 Å². The Hall–Kier alpha value is -3.35. The molecule has 0 bridgehead atoms. The van der Waals surface area contributed by atoms with Gasteiger partial charge in [0.25, 0.3) is 0 Å². The molecular weight excluding hydrogens is 444 g/mol. The molecule has 0 aromatic heterocycles. The van der Waals surface area contributed by atoms with Gasteiger partial charge in [-0.1, -0.05) is 74.2 Å². The summed E-state index contributed by atoms with van der Waals surface area (Å²) in [6.07, 6.45) is 5.09. The number of carbonyl (C=O) groups excluding carboxylic acids is 2. The number of carboxylic acids is 1. The van der Waals surface area contributed by atoms with Crippen LogP contribution >= 0.6 is 0 Å². The first-order chi connectivity index (χ1) is 17.0. The van der Waals surface area contributed by atoms with Gasteiger partial charge in [0.1, 0.15) is 12.6 Å². The minimum Gasteiger partial charge on any atom is -0.480 e. The average Bonchev–Trinajstić information content (AvgIpc) is 3.45. The van der Waals surface area contributed by atoms with Gasteiger partial charge >= 0.3 is 12.1 Å². The summed E-state index contributed by atoms with van der Waals surface area (Å²) in [5.74, 6) is -1.15. The normalized spacial score (nSPS) is 20.0. The average molecular weight is 477 g/mol. The van der Waals surface area contributed by atoms with E-state index in [1.54, 1.807) is 0 Å². The van der Waals surface area contributed by atoms with Crippen molar-refractivity contribution in [1.29, 1.82) is 0 Å². The summed E-state index contributed by atoms with van der Waals surface area (Å²) in [7, 11) is 0. The van der Waals surface area contributed by atoms with Gasteiger partial charge < -0.3 is 20.1 Å². The highest BCUT2D eigenvalue weighted by molar-refractivity contribution is 5.87. The van der Waals surface area contributed by atoms with Crippen molar-refractivity contribution in [3.63, 3.8) is 0 Å². The highest BCUT2D eigenvalue weighted by atomic mass is 16.5. The number of amides is 2. The van der Waals surface area contributed by atoms with Gasteiger partial charge in [0.15, 0.2) is 0 Å². The van der Waals surface area contributed by atoms with Crippen molar-refractivity contribution in [3.8, 4) is 11.1 Å². The Bertz CT molecular complexity index is 1060. The smallest absolute Gasteiger partial charge is 0.407 e. The van der Waals surface area contributed by atoms with Gasteiger partial charge in [-0.25, -0.2) is 9.59 Å². The number of hydrogen-bond acceptors (Lipinski definition) is 4. The van der Waals surface area contributed by atoms with Crippen LogP contribution in [0.5, 0.6) is 0 Å². The van der Waals surface area contributed by atoms with Crippen LogP contribution in [0.3, 0.4) is 0 Å². The van der Waals surface area contributed by atoms with Crippen molar-refractivity contribution in [3.05, 3.63) is 59.7 Å². The standard InChI is InChI=1S/C28H32N2O5/c31-26(30-14-13-25(30)27(32)33)19(15-18-7-1-2-8-18)16-29-28(34)35-17-24-22-11-5-3-9-20(22)21-10-4-6-12-23(21)24/h3-6,9-12,18-19,24-25H,1-2,7-8,13-17H2,(H,29,34)(H,32,33). The van der Waals surface area contributed by atoms with Crippen molar-refractivity contribution in [2.24, 2.45) is 11.8 Å². The summed E-state index contributed by atoms with van der Waals surface area (Å²) in [6.45, 7) is 0.838. The number of carbonyl (C=O) groups is 3. The minimum atomic E-state index is -0.964. The molecule has 2 fully saturated rings. The molecule has 0 spiro atoms. The second-order valence-electron chi connectivity index (χ2n) is 9.96. The molecule has 7 nitrogen and oxygen atoms in total. The number of nitrogens with zero attached hydrogens (tertiary/aromatic N) is 1. The van der Waals surface area contributed by atoms with Crippen LogP contribution in [-0.2, 0) is 14.3 Å². The van der Waals surface area contributed by atoms with Gasteiger partial charge in [-0.2, -0.15) is 0 Å². The molecule has 2 unspecified atom stereocenters. The fraction of sp³-hybridized carbons (Fsp3) is 0.464. The third kappa shape index (κ3) is 4.77. The second-order valence-corrected chi connectivity index (χ2v) is 9.96. The molecule has 2 atom stereocenters. The summed E-state index contributed by atoms with van der Waals surface area (Å²) in [6, 6.07) is 15.6. The molecule has 7 heteroatoms. The van der Waals surface area contributed by atoms with E-state index in [2.05, 4.69) is 29.6 Å². The topological polar surface area (TPSA) is 95.9 Å². The van der Waals surface area contributed by atoms with E-state index in [4.69, 9.17) is 4.74 Å². The van der Waals surface area contributed by atoms with Crippen LogP contribution in [-0.4, -0.2) is 53.7 Å².